The maximum atomic E-state index is 13.3. The number of hydrogen-bond donors (Lipinski definition) is 1. The first-order valence-corrected chi connectivity index (χ1v) is 5.53. The van der Waals surface area contributed by atoms with E-state index in [0.717, 1.165) is 12.1 Å². The van der Waals surface area contributed by atoms with Gasteiger partial charge in [-0.15, -0.1) is 0 Å². The highest BCUT2D eigenvalue weighted by atomic mass is 19.1. The third kappa shape index (κ3) is 2.76. The molecule has 2 rings (SSSR count). The number of nitrogens with one attached hydrogen (secondary N) is 1. The van der Waals surface area contributed by atoms with Gasteiger partial charge in [-0.1, -0.05) is 0 Å². The summed E-state index contributed by atoms with van der Waals surface area (Å²) in [5.74, 6) is -1.80. The first kappa shape index (κ1) is 12.8. The van der Waals surface area contributed by atoms with Crippen molar-refractivity contribution in [3.05, 3.63) is 29.8 Å². The van der Waals surface area contributed by atoms with Crippen LogP contribution in [0.3, 0.4) is 0 Å². The van der Waals surface area contributed by atoms with Crippen LogP contribution in [0.1, 0.15) is 6.42 Å². The molecule has 1 aromatic carbocycles. The van der Waals surface area contributed by atoms with Gasteiger partial charge < -0.3 is 14.8 Å². The fourth-order valence-electron chi connectivity index (χ4n) is 1.87. The molecule has 1 unspecified atom stereocenters. The second-order valence-electron chi connectivity index (χ2n) is 4.03. The van der Waals surface area contributed by atoms with Gasteiger partial charge in [0.1, 0.15) is 18.0 Å². The average Bonchev–Trinajstić information content (AvgIpc) is 2.80. The summed E-state index contributed by atoms with van der Waals surface area (Å²) in [6, 6.07) is 2.67. The molecule has 0 bridgehead atoms. The fraction of sp³-hybridized carbons (Fsp3) is 0.417. The minimum atomic E-state index is -0.753. The highest BCUT2D eigenvalue weighted by Crippen LogP contribution is 2.22. The standard InChI is InChI=1S/C12H13F2NO3/c1-17-12(16)10-5-8(6-15-10)18-11-3-2-7(13)4-9(11)14/h2-4,8,10,15H,5-6H2,1H3/t8?,10-/m0/s1. The molecule has 6 heteroatoms. The quantitative estimate of drug-likeness (QED) is 0.828. The summed E-state index contributed by atoms with van der Waals surface area (Å²) in [5, 5.41) is 2.91. The van der Waals surface area contributed by atoms with Crippen molar-refractivity contribution in [2.75, 3.05) is 13.7 Å². The van der Waals surface area contributed by atoms with Gasteiger partial charge in [-0.05, 0) is 12.1 Å². The van der Waals surface area contributed by atoms with E-state index in [1.807, 2.05) is 0 Å². The van der Waals surface area contributed by atoms with Crippen molar-refractivity contribution in [2.45, 2.75) is 18.6 Å². The smallest absolute Gasteiger partial charge is 0.323 e. The van der Waals surface area contributed by atoms with Crippen LogP contribution < -0.4 is 10.1 Å². The van der Waals surface area contributed by atoms with Crippen LogP contribution >= 0.6 is 0 Å². The topological polar surface area (TPSA) is 47.6 Å². The Morgan fingerprint density at radius 1 is 1.44 bits per heavy atom. The molecule has 1 aliphatic heterocycles. The van der Waals surface area contributed by atoms with Crippen LogP contribution in [0.4, 0.5) is 8.78 Å². The number of carbonyl (C=O) groups is 1. The number of rotatable bonds is 3. The second kappa shape index (κ2) is 5.30. The zero-order valence-electron chi connectivity index (χ0n) is 9.78. The maximum absolute atomic E-state index is 13.3. The summed E-state index contributed by atoms with van der Waals surface area (Å²) in [5.41, 5.74) is 0. The third-order valence-electron chi connectivity index (χ3n) is 2.76. The van der Waals surface area contributed by atoms with E-state index in [9.17, 15) is 13.6 Å². The molecule has 4 nitrogen and oxygen atoms in total. The van der Waals surface area contributed by atoms with Crippen molar-refractivity contribution >= 4 is 5.97 Å². The molecule has 0 aliphatic carbocycles. The number of carbonyl (C=O) groups excluding carboxylic acids is 1. The predicted molar refractivity (Wildman–Crippen MR) is 59.2 cm³/mol. The summed E-state index contributed by atoms with van der Waals surface area (Å²) >= 11 is 0. The van der Waals surface area contributed by atoms with Crippen LogP contribution in [-0.4, -0.2) is 31.8 Å². The monoisotopic (exact) mass is 257 g/mol. The van der Waals surface area contributed by atoms with E-state index in [1.54, 1.807) is 0 Å². The Bertz CT molecular complexity index is 453. The Hall–Kier alpha value is -1.69. The predicted octanol–water partition coefficient (Wildman–Crippen LogP) is 1.25. The molecule has 1 aliphatic rings. The van der Waals surface area contributed by atoms with Gasteiger partial charge in [0.05, 0.1) is 7.11 Å². The summed E-state index contributed by atoms with van der Waals surface area (Å²) in [6.45, 7) is 0.413. The molecule has 0 spiro atoms. The van der Waals surface area contributed by atoms with E-state index in [0.29, 0.717) is 13.0 Å². The molecule has 0 aromatic heterocycles. The van der Waals surface area contributed by atoms with Gasteiger partial charge in [-0.25, -0.2) is 8.78 Å². The molecule has 1 aromatic rings. The van der Waals surface area contributed by atoms with Gasteiger partial charge in [0.15, 0.2) is 11.6 Å². The highest BCUT2D eigenvalue weighted by molar-refractivity contribution is 5.76. The Balaban J connectivity index is 1.97. The maximum Gasteiger partial charge on any atom is 0.323 e. The van der Waals surface area contributed by atoms with Crippen LogP contribution in [0.25, 0.3) is 0 Å². The lowest BCUT2D eigenvalue weighted by Gasteiger charge is -2.13. The second-order valence-corrected chi connectivity index (χ2v) is 4.03. The van der Waals surface area contributed by atoms with E-state index < -0.39 is 17.7 Å². The lowest BCUT2D eigenvalue weighted by molar-refractivity contribution is -0.142. The van der Waals surface area contributed by atoms with Crippen LogP contribution in [0.2, 0.25) is 0 Å². The largest absolute Gasteiger partial charge is 0.486 e. The summed E-state index contributed by atoms with van der Waals surface area (Å²) in [7, 11) is 1.30. The van der Waals surface area contributed by atoms with E-state index in [4.69, 9.17) is 4.74 Å². The number of hydrogen-bond acceptors (Lipinski definition) is 4. The van der Waals surface area contributed by atoms with Gasteiger partial charge in [0, 0.05) is 19.0 Å². The van der Waals surface area contributed by atoms with Crippen molar-refractivity contribution in [2.24, 2.45) is 0 Å². The van der Waals surface area contributed by atoms with E-state index >= 15 is 0 Å². The van der Waals surface area contributed by atoms with Crippen LogP contribution in [0.5, 0.6) is 5.75 Å². The molecule has 98 valence electrons. The Morgan fingerprint density at radius 3 is 2.89 bits per heavy atom. The summed E-state index contributed by atoms with van der Waals surface area (Å²) in [6.07, 6.45) is 0.0535. The van der Waals surface area contributed by atoms with Crippen molar-refractivity contribution in [1.82, 2.24) is 5.32 Å². The van der Waals surface area contributed by atoms with Gasteiger partial charge >= 0.3 is 5.97 Å². The van der Waals surface area contributed by atoms with Crippen LogP contribution in [0.15, 0.2) is 18.2 Å². The van der Waals surface area contributed by atoms with Gasteiger partial charge in [-0.2, -0.15) is 0 Å². The third-order valence-corrected chi connectivity index (χ3v) is 2.76. The molecule has 18 heavy (non-hydrogen) atoms. The molecule has 0 saturated carbocycles. The Morgan fingerprint density at radius 2 is 2.22 bits per heavy atom. The number of esters is 1. The van der Waals surface area contributed by atoms with Gasteiger partial charge in [0.25, 0.3) is 0 Å². The highest BCUT2D eigenvalue weighted by Gasteiger charge is 2.31. The summed E-state index contributed by atoms with van der Waals surface area (Å²) in [4.78, 5) is 11.3. The zero-order valence-corrected chi connectivity index (χ0v) is 9.78. The van der Waals surface area contributed by atoms with E-state index in [1.165, 1.54) is 13.2 Å². The van der Waals surface area contributed by atoms with Crippen molar-refractivity contribution < 1.29 is 23.0 Å². The minimum Gasteiger partial charge on any atom is -0.486 e. The van der Waals surface area contributed by atoms with Crippen molar-refractivity contribution in [1.29, 1.82) is 0 Å². The first-order chi connectivity index (χ1) is 8.60. The zero-order chi connectivity index (χ0) is 13.1. The first-order valence-electron chi connectivity index (χ1n) is 5.53. The van der Waals surface area contributed by atoms with Gasteiger partial charge in [-0.3, -0.25) is 4.79 Å². The lowest BCUT2D eigenvalue weighted by Crippen LogP contribution is -2.31. The van der Waals surface area contributed by atoms with Crippen LogP contribution in [-0.2, 0) is 9.53 Å². The molecule has 1 fully saturated rings. The number of ether oxygens (including phenoxy) is 2. The normalized spacial score (nSPS) is 22.8. The number of halogens is 2. The molecular formula is C12H13F2NO3. The minimum absolute atomic E-state index is 0.0197. The Kier molecular flexibility index (Phi) is 3.76. The molecule has 1 heterocycles. The van der Waals surface area contributed by atoms with E-state index in [2.05, 4.69) is 10.1 Å². The fourth-order valence-corrected chi connectivity index (χ4v) is 1.87. The Labute approximate surface area is 103 Å². The molecule has 1 saturated heterocycles. The van der Waals surface area contributed by atoms with Crippen LogP contribution in [0, 0.1) is 11.6 Å². The SMILES string of the molecule is COC(=O)[C@@H]1CC(Oc2ccc(F)cc2F)CN1. The van der Waals surface area contributed by atoms with Gasteiger partial charge in [0.2, 0.25) is 0 Å². The lowest BCUT2D eigenvalue weighted by atomic mass is 10.2. The molecule has 2 atom stereocenters. The molecular weight excluding hydrogens is 244 g/mol. The van der Waals surface area contributed by atoms with Crippen molar-refractivity contribution in [3.8, 4) is 5.75 Å². The number of methoxy groups -OCH3 is 1. The summed E-state index contributed by atoms with van der Waals surface area (Å²) < 4.78 is 36.0. The molecule has 0 radical (unpaired) electrons. The molecule has 0 amide bonds. The average molecular weight is 257 g/mol. The number of benzene rings is 1. The van der Waals surface area contributed by atoms with Crippen molar-refractivity contribution in [3.63, 3.8) is 0 Å². The van der Waals surface area contributed by atoms with E-state index in [-0.39, 0.29) is 17.8 Å². The molecule has 1 N–H and O–H groups in total.